The van der Waals surface area contributed by atoms with Crippen molar-refractivity contribution in [1.82, 2.24) is 24.5 Å². The third kappa shape index (κ3) is 2.44. The van der Waals surface area contributed by atoms with Crippen molar-refractivity contribution >= 4 is 17.0 Å². The fraction of sp³-hybridized carbons (Fsp3) is 0.286. The number of esters is 1. The highest BCUT2D eigenvalue weighted by Crippen LogP contribution is 2.24. The Morgan fingerprint density at radius 1 is 1.45 bits per heavy atom. The molecule has 0 radical (unpaired) electrons. The molecule has 114 valence electrons. The van der Waals surface area contributed by atoms with Crippen LogP contribution in [0.2, 0.25) is 0 Å². The van der Waals surface area contributed by atoms with Crippen molar-refractivity contribution in [2.24, 2.45) is 0 Å². The van der Waals surface area contributed by atoms with E-state index in [2.05, 4.69) is 19.9 Å². The molecule has 0 fully saturated rings. The summed E-state index contributed by atoms with van der Waals surface area (Å²) in [5, 5.41) is 19.1. The van der Waals surface area contributed by atoms with E-state index in [9.17, 15) is 9.90 Å². The van der Waals surface area contributed by atoms with Gasteiger partial charge in [0.05, 0.1) is 30.8 Å². The Hall–Kier alpha value is -2.74. The van der Waals surface area contributed by atoms with Crippen LogP contribution in [0.4, 0.5) is 0 Å². The van der Waals surface area contributed by atoms with Gasteiger partial charge in [0.15, 0.2) is 5.65 Å². The molecule has 0 spiro atoms. The average molecular weight is 301 g/mol. The summed E-state index contributed by atoms with van der Waals surface area (Å²) in [6, 6.07) is 3.62. The van der Waals surface area contributed by atoms with Crippen LogP contribution >= 0.6 is 0 Å². The molecule has 8 nitrogen and oxygen atoms in total. The van der Waals surface area contributed by atoms with Crippen molar-refractivity contribution in [3.05, 3.63) is 36.4 Å². The van der Waals surface area contributed by atoms with E-state index < -0.39 is 12.1 Å². The first-order chi connectivity index (χ1) is 10.6. The van der Waals surface area contributed by atoms with Gasteiger partial charge in [-0.3, -0.25) is 4.79 Å². The molecule has 8 heteroatoms. The predicted molar refractivity (Wildman–Crippen MR) is 77.3 cm³/mol. The number of methoxy groups -OCH3 is 1. The second-order valence-electron chi connectivity index (χ2n) is 4.81. The monoisotopic (exact) mass is 301 g/mol. The van der Waals surface area contributed by atoms with E-state index in [1.165, 1.54) is 11.8 Å². The zero-order chi connectivity index (χ0) is 15.7. The molecule has 3 rings (SSSR count). The lowest BCUT2D eigenvalue weighted by atomic mass is 10.2. The van der Waals surface area contributed by atoms with Crippen LogP contribution in [0.25, 0.3) is 16.7 Å². The van der Waals surface area contributed by atoms with E-state index in [0.717, 1.165) is 5.39 Å². The van der Waals surface area contributed by atoms with Gasteiger partial charge in [-0.15, -0.1) is 0 Å². The minimum atomic E-state index is -0.787. The fourth-order valence-corrected chi connectivity index (χ4v) is 2.21. The number of hydrogen-bond donors (Lipinski definition) is 1. The standard InChI is InChI=1S/C14H15N5O3/c1-9(20)13-11(18-5-3-4-15-18)6-10-7-16-19(14(10)17-13)8-12(21)22-2/h3-7,9,20H,8H2,1-2H3/t9-/m1/s1. The molecule has 0 aromatic carbocycles. The van der Waals surface area contributed by atoms with Crippen LogP contribution in [0.1, 0.15) is 18.7 Å². The minimum absolute atomic E-state index is 0.0344. The molecule has 0 saturated heterocycles. The van der Waals surface area contributed by atoms with Gasteiger partial charge in [-0.1, -0.05) is 0 Å². The Morgan fingerprint density at radius 3 is 2.91 bits per heavy atom. The Balaban J connectivity index is 2.15. The molecule has 22 heavy (non-hydrogen) atoms. The number of carbonyl (C=O) groups is 1. The van der Waals surface area contributed by atoms with Crippen molar-refractivity contribution < 1.29 is 14.6 Å². The minimum Gasteiger partial charge on any atom is -0.468 e. The van der Waals surface area contributed by atoms with Gasteiger partial charge in [0.1, 0.15) is 6.54 Å². The third-order valence-corrected chi connectivity index (χ3v) is 3.27. The maximum atomic E-state index is 11.4. The van der Waals surface area contributed by atoms with E-state index in [0.29, 0.717) is 17.0 Å². The van der Waals surface area contributed by atoms with E-state index in [1.54, 1.807) is 36.3 Å². The Morgan fingerprint density at radius 2 is 2.27 bits per heavy atom. The number of pyridine rings is 1. The first-order valence-electron chi connectivity index (χ1n) is 6.71. The van der Waals surface area contributed by atoms with Gasteiger partial charge in [0, 0.05) is 17.8 Å². The maximum absolute atomic E-state index is 11.4. The van der Waals surface area contributed by atoms with Crippen LogP contribution in [-0.2, 0) is 16.1 Å². The number of ether oxygens (including phenoxy) is 1. The van der Waals surface area contributed by atoms with Gasteiger partial charge in [0.25, 0.3) is 0 Å². The number of carbonyl (C=O) groups excluding carboxylic acids is 1. The molecule has 1 atom stereocenters. The number of aromatic nitrogens is 5. The maximum Gasteiger partial charge on any atom is 0.327 e. The van der Waals surface area contributed by atoms with E-state index >= 15 is 0 Å². The molecule has 0 aliphatic rings. The van der Waals surface area contributed by atoms with Gasteiger partial charge < -0.3 is 9.84 Å². The molecule has 0 amide bonds. The zero-order valence-corrected chi connectivity index (χ0v) is 12.2. The molecule has 0 aliphatic heterocycles. The molecular formula is C14H15N5O3. The van der Waals surface area contributed by atoms with Gasteiger partial charge in [-0.25, -0.2) is 14.3 Å². The van der Waals surface area contributed by atoms with Gasteiger partial charge in [0.2, 0.25) is 0 Å². The normalized spacial score (nSPS) is 12.5. The summed E-state index contributed by atoms with van der Waals surface area (Å²) in [4.78, 5) is 15.9. The first-order valence-corrected chi connectivity index (χ1v) is 6.71. The highest BCUT2D eigenvalue weighted by molar-refractivity contribution is 5.79. The van der Waals surface area contributed by atoms with Gasteiger partial charge >= 0.3 is 5.97 Å². The average Bonchev–Trinajstić information content (AvgIpc) is 3.15. The number of aliphatic hydroxyl groups is 1. The Labute approximate surface area is 125 Å². The van der Waals surface area contributed by atoms with Crippen LogP contribution in [-0.4, -0.2) is 42.7 Å². The SMILES string of the molecule is COC(=O)Cn1ncc2cc(-n3cccn3)c([C@@H](C)O)nc21. The van der Waals surface area contributed by atoms with E-state index in [-0.39, 0.29) is 6.54 Å². The molecular weight excluding hydrogens is 286 g/mol. The van der Waals surface area contributed by atoms with Gasteiger partial charge in [-0.2, -0.15) is 10.2 Å². The highest BCUT2D eigenvalue weighted by atomic mass is 16.5. The summed E-state index contributed by atoms with van der Waals surface area (Å²) >= 11 is 0. The van der Waals surface area contributed by atoms with Crippen LogP contribution in [0, 0.1) is 0 Å². The van der Waals surface area contributed by atoms with E-state index in [4.69, 9.17) is 0 Å². The second kappa shape index (κ2) is 5.57. The largest absolute Gasteiger partial charge is 0.468 e. The van der Waals surface area contributed by atoms with Gasteiger partial charge in [-0.05, 0) is 19.1 Å². The van der Waals surface area contributed by atoms with Crippen molar-refractivity contribution in [1.29, 1.82) is 0 Å². The molecule has 0 aliphatic carbocycles. The number of aliphatic hydroxyl groups excluding tert-OH is 1. The molecule has 0 unspecified atom stereocenters. The molecule has 0 bridgehead atoms. The van der Waals surface area contributed by atoms with Crippen LogP contribution < -0.4 is 0 Å². The lowest BCUT2D eigenvalue weighted by Crippen LogP contribution is -2.14. The smallest absolute Gasteiger partial charge is 0.327 e. The zero-order valence-electron chi connectivity index (χ0n) is 12.2. The molecule has 3 aromatic rings. The van der Waals surface area contributed by atoms with Crippen molar-refractivity contribution in [3.8, 4) is 5.69 Å². The number of fused-ring (bicyclic) bond motifs is 1. The first kappa shape index (κ1) is 14.2. The predicted octanol–water partition coefficient (Wildman–Crippen LogP) is 0.843. The molecule has 3 heterocycles. The lowest BCUT2D eigenvalue weighted by molar-refractivity contribution is -0.141. The number of hydrogen-bond acceptors (Lipinski definition) is 6. The quantitative estimate of drug-likeness (QED) is 0.718. The number of rotatable bonds is 4. The Bertz CT molecular complexity index is 807. The van der Waals surface area contributed by atoms with E-state index in [1.807, 2.05) is 6.07 Å². The summed E-state index contributed by atoms with van der Waals surface area (Å²) in [5.74, 6) is -0.415. The third-order valence-electron chi connectivity index (χ3n) is 3.27. The van der Waals surface area contributed by atoms with Crippen molar-refractivity contribution in [2.45, 2.75) is 19.6 Å². The summed E-state index contributed by atoms with van der Waals surface area (Å²) < 4.78 is 7.72. The Kier molecular flexibility index (Phi) is 3.60. The molecule has 0 saturated carbocycles. The lowest BCUT2D eigenvalue weighted by Gasteiger charge is -2.12. The number of nitrogens with zero attached hydrogens (tertiary/aromatic N) is 5. The topological polar surface area (TPSA) is 95.1 Å². The fourth-order valence-electron chi connectivity index (χ4n) is 2.21. The van der Waals surface area contributed by atoms with Crippen LogP contribution in [0.15, 0.2) is 30.7 Å². The second-order valence-corrected chi connectivity index (χ2v) is 4.81. The summed E-state index contributed by atoms with van der Waals surface area (Å²) in [6.45, 7) is 1.59. The summed E-state index contributed by atoms with van der Waals surface area (Å²) in [5.41, 5.74) is 1.64. The molecule has 1 N–H and O–H groups in total. The summed E-state index contributed by atoms with van der Waals surface area (Å²) in [6.07, 6.45) is 4.25. The van der Waals surface area contributed by atoms with Crippen molar-refractivity contribution in [2.75, 3.05) is 7.11 Å². The van der Waals surface area contributed by atoms with Crippen LogP contribution in [0.5, 0.6) is 0 Å². The highest BCUT2D eigenvalue weighted by Gasteiger charge is 2.17. The van der Waals surface area contributed by atoms with Crippen molar-refractivity contribution in [3.63, 3.8) is 0 Å². The molecule has 3 aromatic heterocycles. The summed E-state index contributed by atoms with van der Waals surface area (Å²) in [7, 11) is 1.32. The van der Waals surface area contributed by atoms with Crippen LogP contribution in [0.3, 0.4) is 0 Å².